The molecule has 0 aliphatic rings. The van der Waals surface area contributed by atoms with Crippen molar-refractivity contribution in [1.29, 1.82) is 0 Å². The van der Waals surface area contributed by atoms with Crippen LogP contribution in [0.25, 0.3) is 34.2 Å². The van der Waals surface area contributed by atoms with E-state index in [9.17, 15) is 4.79 Å². The van der Waals surface area contributed by atoms with Crippen molar-refractivity contribution < 1.29 is 18.4 Å². The number of hydrogen-bond acceptors (Lipinski definition) is 10. The highest BCUT2D eigenvalue weighted by Crippen LogP contribution is 2.31. The Morgan fingerprint density at radius 3 is 2.57 bits per heavy atom. The zero-order valence-corrected chi connectivity index (χ0v) is 20.1. The van der Waals surface area contributed by atoms with E-state index in [4.69, 9.17) is 13.6 Å². The molecule has 176 valence electrons. The standard InChI is InChI=1S/C24H19N5O4S2/c1-31-16-6-2-5-15(13-16)17-14-35-23(25-17)26-20(30)9-12-34-24-27-21(18-7-3-10-32-18)22(28-29-24)19-8-4-11-33-19/h2-8,10-11,13-14H,9,12H2,1H3,(H,25,26,30). The molecule has 0 fully saturated rings. The molecule has 9 nitrogen and oxygen atoms in total. The van der Waals surface area contributed by atoms with Gasteiger partial charge in [-0.25, -0.2) is 9.97 Å². The number of anilines is 1. The van der Waals surface area contributed by atoms with E-state index in [0.717, 1.165) is 17.0 Å². The van der Waals surface area contributed by atoms with Crippen LogP contribution in [0.4, 0.5) is 5.13 Å². The van der Waals surface area contributed by atoms with Crippen molar-refractivity contribution in [2.75, 3.05) is 18.2 Å². The van der Waals surface area contributed by atoms with E-state index < -0.39 is 0 Å². The van der Waals surface area contributed by atoms with Crippen LogP contribution in [-0.4, -0.2) is 38.9 Å². The van der Waals surface area contributed by atoms with Gasteiger partial charge in [0, 0.05) is 23.1 Å². The number of aromatic nitrogens is 4. The van der Waals surface area contributed by atoms with Crippen LogP contribution in [0.1, 0.15) is 6.42 Å². The van der Waals surface area contributed by atoms with Gasteiger partial charge in [0.15, 0.2) is 22.3 Å². The van der Waals surface area contributed by atoms with E-state index in [1.165, 1.54) is 23.1 Å². The van der Waals surface area contributed by atoms with E-state index in [1.54, 1.807) is 43.9 Å². The second kappa shape index (κ2) is 10.5. The van der Waals surface area contributed by atoms with E-state index in [2.05, 4.69) is 25.5 Å². The molecule has 1 aromatic carbocycles. The summed E-state index contributed by atoms with van der Waals surface area (Å²) in [5, 5.41) is 14.2. The highest BCUT2D eigenvalue weighted by molar-refractivity contribution is 7.99. The number of nitrogens with one attached hydrogen (secondary N) is 1. The Kier molecular flexibility index (Phi) is 6.87. The molecule has 4 aromatic heterocycles. The lowest BCUT2D eigenvalue weighted by Gasteiger charge is -2.05. The van der Waals surface area contributed by atoms with Gasteiger partial charge in [-0.1, -0.05) is 23.9 Å². The SMILES string of the molecule is COc1cccc(-c2csc(NC(=O)CCSc3nnc(-c4ccco4)c(-c4ccco4)n3)n2)c1. The molecule has 1 N–H and O–H groups in total. The Morgan fingerprint density at radius 2 is 1.83 bits per heavy atom. The number of benzene rings is 1. The molecule has 0 aliphatic heterocycles. The van der Waals surface area contributed by atoms with Crippen molar-refractivity contribution in [1.82, 2.24) is 20.2 Å². The van der Waals surface area contributed by atoms with Crippen LogP contribution < -0.4 is 10.1 Å². The molecule has 0 saturated heterocycles. The number of carbonyl (C=O) groups is 1. The van der Waals surface area contributed by atoms with Crippen LogP contribution in [0.15, 0.2) is 80.4 Å². The number of carbonyl (C=O) groups excluding carboxylic acids is 1. The van der Waals surface area contributed by atoms with Gasteiger partial charge in [0.2, 0.25) is 11.1 Å². The summed E-state index contributed by atoms with van der Waals surface area (Å²) >= 11 is 2.71. The number of methoxy groups -OCH3 is 1. The second-order valence-corrected chi connectivity index (χ2v) is 9.08. The lowest BCUT2D eigenvalue weighted by Crippen LogP contribution is -2.12. The van der Waals surface area contributed by atoms with E-state index in [0.29, 0.717) is 38.9 Å². The Bertz CT molecular complexity index is 1420. The highest BCUT2D eigenvalue weighted by Gasteiger charge is 2.18. The molecule has 4 heterocycles. The molecule has 11 heteroatoms. The van der Waals surface area contributed by atoms with Crippen molar-refractivity contribution in [2.24, 2.45) is 0 Å². The minimum Gasteiger partial charge on any atom is -0.497 e. The van der Waals surface area contributed by atoms with Gasteiger partial charge in [-0.15, -0.1) is 21.5 Å². The number of ether oxygens (including phenoxy) is 1. The van der Waals surface area contributed by atoms with Gasteiger partial charge in [0.1, 0.15) is 11.4 Å². The maximum absolute atomic E-state index is 12.5. The predicted molar refractivity (Wildman–Crippen MR) is 133 cm³/mol. The second-order valence-electron chi connectivity index (χ2n) is 7.16. The fraction of sp³-hybridized carbons (Fsp3) is 0.125. The Morgan fingerprint density at radius 1 is 1.03 bits per heavy atom. The van der Waals surface area contributed by atoms with Crippen LogP contribution in [-0.2, 0) is 4.79 Å². The summed E-state index contributed by atoms with van der Waals surface area (Å²) in [7, 11) is 1.62. The molecule has 0 radical (unpaired) electrons. The lowest BCUT2D eigenvalue weighted by molar-refractivity contribution is -0.115. The largest absolute Gasteiger partial charge is 0.497 e. The number of thioether (sulfide) groups is 1. The van der Waals surface area contributed by atoms with Crippen molar-refractivity contribution >= 4 is 34.1 Å². The maximum Gasteiger partial charge on any atom is 0.226 e. The van der Waals surface area contributed by atoms with Crippen LogP contribution in [0.2, 0.25) is 0 Å². The Labute approximate surface area is 208 Å². The lowest BCUT2D eigenvalue weighted by atomic mass is 10.2. The van der Waals surface area contributed by atoms with Gasteiger partial charge in [-0.05, 0) is 36.4 Å². The third kappa shape index (κ3) is 5.42. The molecule has 1 amide bonds. The smallest absolute Gasteiger partial charge is 0.226 e. The molecule has 0 bridgehead atoms. The molecule has 5 aromatic rings. The highest BCUT2D eigenvalue weighted by atomic mass is 32.2. The number of hydrogen-bond donors (Lipinski definition) is 1. The zero-order valence-electron chi connectivity index (χ0n) is 18.5. The summed E-state index contributed by atoms with van der Waals surface area (Å²) in [6.45, 7) is 0. The van der Waals surface area contributed by atoms with Crippen molar-refractivity contribution in [3.63, 3.8) is 0 Å². The topological polar surface area (TPSA) is 116 Å². The van der Waals surface area contributed by atoms with E-state index in [-0.39, 0.29) is 12.3 Å². The summed E-state index contributed by atoms with van der Waals surface area (Å²) in [6.07, 6.45) is 3.39. The third-order valence-corrected chi connectivity index (χ3v) is 6.45. The number of nitrogens with zero attached hydrogens (tertiary/aromatic N) is 4. The first kappa shape index (κ1) is 22.8. The van der Waals surface area contributed by atoms with E-state index in [1.807, 2.05) is 29.6 Å². The fourth-order valence-corrected chi connectivity index (χ4v) is 4.66. The van der Waals surface area contributed by atoms with Crippen molar-refractivity contribution in [3.8, 4) is 39.9 Å². The average molecular weight is 506 g/mol. The van der Waals surface area contributed by atoms with Gasteiger partial charge in [-0.3, -0.25) is 4.79 Å². The Balaban J connectivity index is 1.20. The van der Waals surface area contributed by atoms with Gasteiger partial charge >= 0.3 is 0 Å². The molecule has 0 spiro atoms. The summed E-state index contributed by atoms with van der Waals surface area (Å²) < 4.78 is 16.2. The predicted octanol–water partition coefficient (Wildman–Crippen LogP) is 5.64. The molecular weight excluding hydrogens is 486 g/mol. The maximum atomic E-state index is 12.5. The molecule has 0 unspecified atom stereocenters. The minimum atomic E-state index is -0.143. The summed E-state index contributed by atoms with van der Waals surface area (Å²) in [4.78, 5) is 21.5. The fourth-order valence-electron chi connectivity index (χ4n) is 3.20. The summed E-state index contributed by atoms with van der Waals surface area (Å²) in [5.74, 6) is 2.18. The normalized spacial score (nSPS) is 10.9. The monoisotopic (exact) mass is 505 g/mol. The molecule has 0 saturated carbocycles. The van der Waals surface area contributed by atoms with Crippen LogP contribution >= 0.6 is 23.1 Å². The van der Waals surface area contributed by atoms with Crippen LogP contribution in [0, 0.1) is 0 Å². The third-order valence-electron chi connectivity index (χ3n) is 4.85. The number of furan rings is 2. The number of rotatable bonds is 9. The Hall–Kier alpha value is -3.96. The van der Waals surface area contributed by atoms with Crippen LogP contribution in [0.3, 0.4) is 0 Å². The molecule has 0 atom stereocenters. The number of amides is 1. The molecular formula is C24H19N5O4S2. The zero-order chi connectivity index (χ0) is 24.0. The quantitative estimate of drug-likeness (QED) is 0.254. The number of thiazole rings is 1. The minimum absolute atomic E-state index is 0.143. The van der Waals surface area contributed by atoms with Crippen molar-refractivity contribution in [2.45, 2.75) is 11.6 Å². The first-order valence-corrected chi connectivity index (χ1v) is 12.4. The van der Waals surface area contributed by atoms with Gasteiger partial charge in [0.05, 0.1) is 25.3 Å². The van der Waals surface area contributed by atoms with Crippen molar-refractivity contribution in [3.05, 3.63) is 66.4 Å². The van der Waals surface area contributed by atoms with Gasteiger partial charge in [-0.2, -0.15) is 0 Å². The summed E-state index contributed by atoms with van der Waals surface area (Å²) in [5.41, 5.74) is 2.72. The first-order chi connectivity index (χ1) is 17.2. The summed E-state index contributed by atoms with van der Waals surface area (Å²) in [6, 6.07) is 14.8. The molecule has 0 aliphatic carbocycles. The van der Waals surface area contributed by atoms with E-state index >= 15 is 0 Å². The van der Waals surface area contributed by atoms with Crippen LogP contribution in [0.5, 0.6) is 5.75 Å². The molecule has 35 heavy (non-hydrogen) atoms. The first-order valence-electron chi connectivity index (χ1n) is 10.5. The molecule has 5 rings (SSSR count). The average Bonchev–Trinajstić information content (AvgIpc) is 3.67. The van der Waals surface area contributed by atoms with Gasteiger partial charge < -0.3 is 18.9 Å². The van der Waals surface area contributed by atoms with Gasteiger partial charge in [0.25, 0.3) is 0 Å².